The minimum atomic E-state index is 0.456. The maximum Gasteiger partial charge on any atom is 0.119 e. The largest absolute Gasteiger partial charge is 0.489 e. The number of hydrogen-bond acceptors (Lipinski definition) is 3. The van der Waals surface area contributed by atoms with Gasteiger partial charge in [0, 0.05) is 11.8 Å². The highest BCUT2D eigenvalue weighted by atomic mass is 16.5. The summed E-state index contributed by atoms with van der Waals surface area (Å²) in [6.45, 7) is 0.531. The second-order valence-electron chi connectivity index (χ2n) is 4.03. The minimum Gasteiger partial charge on any atom is -0.489 e. The van der Waals surface area contributed by atoms with Crippen molar-refractivity contribution in [1.82, 2.24) is 0 Å². The Kier molecular flexibility index (Phi) is 4.20. The summed E-state index contributed by atoms with van der Waals surface area (Å²) in [5.74, 6) is 0.775. The Bertz CT molecular complexity index is 595. The van der Waals surface area contributed by atoms with E-state index in [0.29, 0.717) is 12.3 Å². The number of nitrogens with zero attached hydrogens (tertiary/aromatic N) is 1. The predicted octanol–water partition coefficient (Wildman–Crippen LogP) is 3.09. The summed E-state index contributed by atoms with van der Waals surface area (Å²) in [6.07, 6.45) is 1.32. The van der Waals surface area contributed by atoms with E-state index in [4.69, 9.17) is 15.7 Å². The molecule has 0 aliphatic rings. The lowest BCUT2D eigenvalue weighted by Gasteiger charge is -2.07. The Morgan fingerprint density at radius 3 is 2.42 bits per heavy atom. The molecule has 0 unspecified atom stereocenters. The summed E-state index contributed by atoms with van der Waals surface area (Å²) in [7, 11) is 0. The fourth-order valence-corrected chi connectivity index (χ4v) is 1.64. The van der Waals surface area contributed by atoms with Crippen LogP contribution in [0.15, 0.2) is 60.7 Å². The van der Waals surface area contributed by atoms with Crippen LogP contribution in [0.2, 0.25) is 0 Å². The summed E-state index contributed by atoms with van der Waals surface area (Å²) in [6, 6.07) is 19.2. The molecule has 2 aromatic carbocycles. The molecule has 0 saturated carbocycles. The number of hydrogen-bond donors (Lipinski definition) is 1. The molecule has 0 amide bonds. The van der Waals surface area contributed by atoms with Gasteiger partial charge in [-0.1, -0.05) is 30.3 Å². The second-order valence-corrected chi connectivity index (χ2v) is 4.03. The van der Waals surface area contributed by atoms with Crippen molar-refractivity contribution in [3.05, 3.63) is 71.8 Å². The molecule has 0 saturated heterocycles. The van der Waals surface area contributed by atoms with Gasteiger partial charge in [-0.25, -0.2) is 0 Å². The Morgan fingerprint density at radius 1 is 1.11 bits per heavy atom. The number of allylic oxidation sites excluding steroid dienone is 1. The van der Waals surface area contributed by atoms with Gasteiger partial charge < -0.3 is 10.5 Å². The summed E-state index contributed by atoms with van der Waals surface area (Å²) >= 11 is 0. The topological polar surface area (TPSA) is 59.0 Å². The Hall–Kier alpha value is -2.73. The van der Waals surface area contributed by atoms with Crippen LogP contribution in [-0.2, 0) is 6.61 Å². The molecule has 0 radical (unpaired) electrons. The number of nitriles is 1. The van der Waals surface area contributed by atoms with E-state index in [1.165, 1.54) is 6.08 Å². The smallest absolute Gasteiger partial charge is 0.119 e. The zero-order chi connectivity index (χ0) is 13.5. The van der Waals surface area contributed by atoms with Gasteiger partial charge >= 0.3 is 0 Å². The van der Waals surface area contributed by atoms with Crippen LogP contribution < -0.4 is 10.5 Å². The van der Waals surface area contributed by atoms with Gasteiger partial charge in [-0.2, -0.15) is 5.26 Å². The van der Waals surface area contributed by atoms with Crippen LogP contribution in [0.25, 0.3) is 5.70 Å². The summed E-state index contributed by atoms with van der Waals surface area (Å²) in [5, 5.41) is 8.53. The van der Waals surface area contributed by atoms with E-state index in [1.807, 2.05) is 60.7 Å². The zero-order valence-electron chi connectivity index (χ0n) is 10.4. The van der Waals surface area contributed by atoms with Gasteiger partial charge in [-0.3, -0.25) is 0 Å². The fourth-order valence-electron chi connectivity index (χ4n) is 1.64. The van der Waals surface area contributed by atoms with Crippen molar-refractivity contribution < 1.29 is 4.74 Å². The third-order valence-corrected chi connectivity index (χ3v) is 2.66. The molecule has 0 atom stereocenters. The van der Waals surface area contributed by atoms with Crippen LogP contribution in [0.4, 0.5) is 0 Å². The first-order chi connectivity index (χ1) is 9.29. The van der Waals surface area contributed by atoms with Gasteiger partial charge in [-0.05, 0) is 35.4 Å². The number of ether oxygens (including phenoxy) is 1. The van der Waals surface area contributed by atoms with Crippen molar-refractivity contribution >= 4 is 5.70 Å². The van der Waals surface area contributed by atoms with Gasteiger partial charge in [0.05, 0.1) is 6.07 Å². The van der Waals surface area contributed by atoms with Crippen molar-refractivity contribution in [3.63, 3.8) is 0 Å². The fraction of sp³-hybridized carbons (Fsp3) is 0.0625. The van der Waals surface area contributed by atoms with E-state index in [1.54, 1.807) is 0 Å². The molecule has 2 aromatic rings. The third kappa shape index (κ3) is 3.62. The summed E-state index contributed by atoms with van der Waals surface area (Å²) < 4.78 is 5.66. The average molecular weight is 250 g/mol. The second kappa shape index (κ2) is 6.27. The van der Waals surface area contributed by atoms with Gasteiger partial charge in [0.1, 0.15) is 12.4 Å². The van der Waals surface area contributed by atoms with Gasteiger partial charge in [0.2, 0.25) is 0 Å². The quantitative estimate of drug-likeness (QED) is 0.848. The van der Waals surface area contributed by atoms with Gasteiger partial charge in [-0.15, -0.1) is 0 Å². The molecule has 3 nitrogen and oxygen atoms in total. The summed E-state index contributed by atoms with van der Waals surface area (Å²) in [4.78, 5) is 0. The van der Waals surface area contributed by atoms with Crippen molar-refractivity contribution in [1.29, 1.82) is 5.26 Å². The molecule has 0 aliphatic carbocycles. The van der Waals surface area contributed by atoms with E-state index in [9.17, 15) is 0 Å². The number of rotatable bonds is 4. The standard InChI is InChI=1S/C16H14N2O/c17-11-10-16(18)14-6-8-15(9-7-14)19-12-13-4-2-1-3-5-13/h1-10H,12,18H2. The van der Waals surface area contributed by atoms with Crippen LogP contribution in [0.5, 0.6) is 5.75 Å². The van der Waals surface area contributed by atoms with Crippen molar-refractivity contribution in [3.8, 4) is 11.8 Å². The lowest BCUT2D eigenvalue weighted by atomic mass is 10.1. The van der Waals surface area contributed by atoms with Crippen LogP contribution >= 0.6 is 0 Å². The summed E-state index contributed by atoms with van der Waals surface area (Å²) in [5.41, 5.74) is 8.11. The third-order valence-electron chi connectivity index (χ3n) is 2.66. The molecule has 2 N–H and O–H groups in total. The first-order valence-corrected chi connectivity index (χ1v) is 5.92. The van der Waals surface area contributed by atoms with E-state index < -0.39 is 0 Å². The highest BCUT2D eigenvalue weighted by Gasteiger charge is 1.98. The minimum absolute atomic E-state index is 0.456. The molecule has 3 heteroatoms. The van der Waals surface area contributed by atoms with Crippen LogP contribution in [0.3, 0.4) is 0 Å². The molecule has 0 aliphatic heterocycles. The van der Waals surface area contributed by atoms with Gasteiger partial charge in [0.25, 0.3) is 0 Å². The SMILES string of the molecule is N#CC=C(N)c1ccc(OCc2ccccc2)cc1. The van der Waals surface area contributed by atoms with Crippen LogP contribution in [-0.4, -0.2) is 0 Å². The van der Waals surface area contributed by atoms with Crippen LogP contribution in [0.1, 0.15) is 11.1 Å². The zero-order valence-corrected chi connectivity index (χ0v) is 10.4. The lowest BCUT2D eigenvalue weighted by Crippen LogP contribution is -1.97. The van der Waals surface area contributed by atoms with Crippen molar-refractivity contribution in [2.75, 3.05) is 0 Å². The first kappa shape index (κ1) is 12.7. The molecular weight excluding hydrogens is 236 g/mol. The Balaban J connectivity index is 2.00. The van der Waals surface area contributed by atoms with Crippen LogP contribution in [0, 0.1) is 11.3 Å². The van der Waals surface area contributed by atoms with Crippen molar-refractivity contribution in [2.24, 2.45) is 5.73 Å². The number of nitrogens with two attached hydrogens (primary N) is 1. The Morgan fingerprint density at radius 2 is 1.79 bits per heavy atom. The highest BCUT2D eigenvalue weighted by Crippen LogP contribution is 2.17. The van der Waals surface area contributed by atoms with E-state index in [2.05, 4.69) is 0 Å². The van der Waals surface area contributed by atoms with Crippen molar-refractivity contribution in [2.45, 2.75) is 6.61 Å². The molecule has 0 heterocycles. The molecule has 0 fully saturated rings. The van der Waals surface area contributed by atoms with E-state index in [0.717, 1.165) is 16.9 Å². The average Bonchev–Trinajstić information content (AvgIpc) is 2.47. The molecular formula is C16H14N2O. The lowest BCUT2D eigenvalue weighted by molar-refractivity contribution is 0.306. The normalized spacial score (nSPS) is 10.8. The molecule has 19 heavy (non-hydrogen) atoms. The molecule has 0 aromatic heterocycles. The van der Waals surface area contributed by atoms with E-state index >= 15 is 0 Å². The molecule has 0 spiro atoms. The maximum atomic E-state index is 8.53. The molecule has 94 valence electrons. The predicted molar refractivity (Wildman–Crippen MR) is 75.0 cm³/mol. The highest BCUT2D eigenvalue weighted by molar-refractivity contribution is 5.65. The maximum absolute atomic E-state index is 8.53. The monoisotopic (exact) mass is 250 g/mol. The van der Waals surface area contributed by atoms with E-state index in [-0.39, 0.29) is 0 Å². The van der Waals surface area contributed by atoms with Gasteiger partial charge in [0.15, 0.2) is 0 Å². The number of benzene rings is 2. The Labute approximate surface area is 112 Å². The molecule has 2 rings (SSSR count). The first-order valence-electron chi connectivity index (χ1n) is 5.92. The molecule has 0 bridgehead atoms.